The van der Waals surface area contributed by atoms with Crippen molar-refractivity contribution < 1.29 is 9.59 Å². The molecule has 134 valence electrons. The van der Waals surface area contributed by atoms with E-state index in [1.54, 1.807) is 30.3 Å². The average molecular weight is 388 g/mol. The number of halogens is 1. The van der Waals surface area contributed by atoms with Gasteiger partial charge < -0.3 is 11.1 Å². The summed E-state index contributed by atoms with van der Waals surface area (Å²) in [5.74, 6) is -1.23. The fourth-order valence-electron chi connectivity index (χ4n) is 2.10. The maximum atomic E-state index is 12.5. The summed E-state index contributed by atoms with van der Waals surface area (Å²) in [5.41, 5.74) is 6.11. The van der Waals surface area contributed by atoms with E-state index in [1.165, 1.54) is 17.4 Å². The maximum absolute atomic E-state index is 12.5. The van der Waals surface area contributed by atoms with Gasteiger partial charge in [0, 0.05) is 9.90 Å². The topological polar surface area (TPSA) is 96.0 Å². The van der Waals surface area contributed by atoms with Crippen LogP contribution in [0.1, 0.15) is 40.9 Å². The first kappa shape index (κ1) is 19.7. The summed E-state index contributed by atoms with van der Waals surface area (Å²) in [6.45, 7) is 5.99. The first-order valence-corrected chi connectivity index (χ1v) is 8.94. The van der Waals surface area contributed by atoms with Crippen LogP contribution in [0.4, 0.5) is 5.69 Å². The number of amides is 2. The normalized spacial score (nSPS) is 11.7. The molecule has 0 saturated heterocycles. The van der Waals surface area contributed by atoms with Crippen LogP contribution in [0, 0.1) is 11.3 Å². The van der Waals surface area contributed by atoms with Gasteiger partial charge in [0.2, 0.25) is 0 Å². The zero-order valence-corrected chi connectivity index (χ0v) is 16.2. The molecule has 0 aliphatic heterocycles. The molecule has 2 amide bonds. The Labute approximate surface area is 161 Å². The lowest BCUT2D eigenvalue weighted by Gasteiger charge is -2.15. The summed E-state index contributed by atoms with van der Waals surface area (Å²) >= 11 is 7.07. The number of hydrogen-bond acceptors (Lipinski definition) is 4. The zero-order valence-electron chi connectivity index (χ0n) is 14.6. The van der Waals surface area contributed by atoms with Crippen LogP contribution < -0.4 is 11.1 Å². The molecule has 0 radical (unpaired) electrons. The minimum absolute atomic E-state index is 0.0914. The molecule has 0 aliphatic rings. The molecule has 7 heteroatoms. The van der Waals surface area contributed by atoms with Gasteiger partial charge >= 0.3 is 0 Å². The Hall–Kier alpha value is -2.62. The van der Waals surface area contributed by atoms with Crippen molar-refractivity contribution in [3.05, 3.63) is 56.2 Å². The number of benzene rings is 1. The van der Waals surface area contributed by atoms with Gasteiger partial charge in [0.05, 0.1) is 5.69 Å². The third-order valence-corrected chi connectivity index (χ3v) is 5.32. The number of rotatable bonds is 4. The van der Waals surface area contributed by atoms with E-state index in [0.29, 0.717) is 16.3 Å². The second-order valence-corrected chi connectivity index (χ2v) is 8.13. The Morgan fingerprint density at radius 1 is 1.27 bits per heavy atom. The fraction of sp³-hybridized carbons (Fsp3) is 0.211. The first-order chi connectivity index (χ1) is 12.1. The van der Waals surface area contributed by atoms with E-state index in [0.717, 1.165) is 4.88 Å². The lowest BCUT2D eigenvalue weighted by molar-refractivity contribution is -0.112. The van der Waals surface area contributed by atoms with E-state index in [9.17, 15) is 14.9 Å². The van der Waals surface area contributed by atoms with E-state index in [4.69, 9.17) is 17.3 Å². The molecular formula is C19H18ClN3O2S. The van der Waals surface area contributed by atoms with E-state index in [2.05, 4.69) is 5.32 Å². The van der Waals surface area contributed by atoms with E-state index >= 15 is 0 Å². The summed E-state index contributed by atoms with van der Waals surface area (Å²) in [5, 5.41) is 12.5. The summed E-state index contributed by atoms with van der Waals surface area (Å²) in [6.07, 6.45) is 1.45. The standard InChI is InChI=1S/C19H18ClN3O2S/c1-19(2,3)15-9-14(16(26-15)17(22)24)23-18(25)12(10-21)8-11-4-6-13(20)7-5-11/h4-9H,1-3H3,(H2,22,24)(H,23,25)/b12-8+. The van der Waals surface area contributed by atoms with Crippen molar-refractivity contribution in [2.24, 2.45) is 5.73 Å². The van der Waals surface area contributed by atoms with Gasteiger partial charge in [0.25, 0.3) is 11.8 Å². The third kappa shape index (κ3) is 4.72. The smallest absolute Gasteiger partial charge is 0.266 e. The number of hydrogen-bond donors (Lipinski definition) is 2. The lowest BCUT2D eigenvalue weighted by Crippen LogP contribution is -2.17. The second-order valence-electron chi connectivity index (χ2n) is 6.64. The number of carbonyl (C=O) groups excluding carboxylic acids is 2. The number of nitrogens with zero attached hydrogens (tertiary/aromatic N) is 1. The molecule has 5 nitrogen and oxygen atoms in total. The van der Waals surface area contributed by atoms with Gasteiger partial charge in [-0.2, -0.15) is 5.26 Å². The Balaban J connectivity index is 2.33. The van der Waals surface area contributed by atoms with Crippen molar-refractivity contribution in [3.63, 3.8) is 0 Å². The molecule has 0 saturated carbocycles. The Bertz CT molecular complexity index is 916. The predicted molar refractivity (Wildman–Crippen MR) is 105 cm³/mol. The highest BCUT2D eigenvalue weighted by molar-refractivity contribution is 7.14. The van der Waals surface area contributed by atoms with Crippen molar-refractivity contribution in [1.82, 2.24) is 0 Å². The molecule has 0 fully saturated rings. The molecule has 0 atom stereocenters. The molecule has 26 heavy (non-hydrogen) atoms. The number of carbonyl (C=O) groups is 2. The minimum Gasteiger partial charge on any atom is -0.365 e. The molecule has 3 N–H and O–H groups in total. The molecule has 0 spiro atoms. The summed E-state index contributed by atoms with van der Waals surface area (Å²) < 4.78 is 0. The number of primary amides is 1. The highest BCUT2D eigenvalue weighted by atomic mass is 35.5. The molecule has 1 aromatic carbocycles. The lowest BCUT2D eigenvalue weighted by atomic mass is 9.94. The van der Waals surface area contributed by atoms with Gasteiger partial charge in [-0.1, -0.05) is 44.5 Å². The molecule has 2 aromatic rings. The van der Waals surface area contributed by atoms with Crippen LogP contribution in [-0.2, 0) is 10.2 Å². The van der Waals surface area contributed by atoms with Crippen LogP contribution in [0.2, 0.25) is 5.02 Å². The molecule has 0 aliphatic carbocycles. The zero-order chi connectivity index (χ0) is 19.5. The molecule has 1 aromatic heterocycles. The van der Waals surface area contributed by atoms with Crippen molar-refractivity contribution in [3.8, 4) is 6.07 Å². The van der Waals surface area contributed by atoms with Crippen LogP contribution in [0.15, 0.2) is 35.9 Å². The fourth-order valence-corrected chi connectivity index (χ4v) is 3.25. The number of nitriles is 1. The third-order valence-electron chi connectivity index (χ3n) is 3.49. The predicted octanol–water partition coefficient (Wildman–Crippen LogP) is 4.34. The van der Waals surface area contributed by atoms with Crippen LogP contribution >= 0.6 is 22.9 Å². The SMILES string of the molecule is CC(C)(C)c1cc(NC(=O)/C(C#N)=C/c2ccc(Cl)cc2)c(C(N)=O)s1. The number of anilines is 1. The van der Waals surface area contributed by atoms with Crippen molar-refractivity contribution in [2.75, 3.05) is 5.32 Å². The summed E-state index contributed by atoms with van der Waals surface area (Å²) in [4.78, 5) is 25.3. The van der Waals surface area contributed by atoms with Crippen LogP contribution in [0.5, 0.6) is 0 Å². The summed E-state index contributed by atoms with van der Waals surface area (Å²) in [6, 6.07) is 10.3. The highest BCUT2D eigenvalue weighted by Crippen LogP contribution is 2.35. The van der Waals surface area contributed by atoms with Crippen molar-refractivity contribution in [2.45, 2.75) is 26.2 Å². The molecular weight excluding hydrogens is 370 g/mol. The van der Waals surface area contributed by atoms with E-state index in [-0.39, 0.29) is 15.9 Å². The molecule has 2 rings (SSSR count). The number of thiophene rings is 1. The number of nitrogens with one attached hydrogen (secondary N) is 1. The molecule has 0 bridgehead atoms. The second kappa shape index (κ2) is 7.73. The molecule has 1 heterocycles. The quantitative estimate of drug-likeness (QED) is 0.603. The molecule has 0 unspecified atom stereocenters. The summed E-state index contributed by atoms with van der Waals surface area (Å²) in [7, 11) is 0. The van der Waals surface area contributed by atoms with E-state index in [1.807, 2.05) is 26.8 Å². The number of nitrogens with two attached hydrogens (primary N) is 1. The Kier molecular flexibility index (Phi) is 5.86. The average Bonchev–Trinajstić information content (AvgIpc) is 2.98. The van der Waals surface area contributed by atoms with Crippen LogP contribution in [0.25, 0.3) is 6.08 Å². The van der Waals surface area contributed by atoms with Gasteiger partial charge in [-0.3, -0.25) is 9.59 Å². The van der Waals surface area contributed by atoms with E-state index < -0.39 is 11.8 Å². The van der Waals surface area contributed by atoms with Gasteiger partial charge in [0.15, 0.2) is 0 Å². The van der Waals surface area contributed by atoms with Gasteiger partial charge in [0.1, 0.15) is 16.5 Å². The van der Waals surface area contributed by atoms with Gasteiger partial charge in [-0.05, 0) is 35.3 Å². The van der Waals surface area contributed by atoms with Gasteiger partial charge in [-0.15, -0.1) is 11.3 Å². The van der Waals surface area contributed by atoms with Gasteiger partial charge in [-0.25, -0.2) is 0 Å². The largest absolute Gasteiger partial charge is 0.365 e. The Morgan fingerprint density at radius 2 is 1.88 bits per heavy atom. The van der Waals surface area contributed by atoms with Crippen molar-refractivity contribution in [1.29, 1.82) is 5.26 Å². The Morgan fingerprint density at radius 3 is 2.38 bits per heavy atom. The van der Waals surface area contributed by atoms with Crippen LogP contribution in [0.3, 0.4) is 0 Å². The van der Waals surface area contributed by atoms with Crippen molar-refractivity contribution >= 4 is 46.5 Å². The monoisotopic (exact) mass is 387 g/mol. The minimum atomic E-state index is -0.624. The maximum Gasteiger partial charge on any atom is 0.266 e. The highest BCUT2D eigenvalue weighted by Gasteiger charge is 2.23. The van der Waals surface area contributed by atoms with Crippen LogP contribution in [-0.4, -0.2) is 11.8 Å². The first-order valence-electron chi connectivity index (χ1n) is 7.74.